The highest BCUT2D eigenvalue weighted by Gasteiger charge is 2.33. The average molecular weight is 670 g/mol. The van der Waals surface area contributed by atoms with Gasteiger partial charge in [0.15, 0.2) is 0 Å². The first-order chi connectivity index (χ1) is 19.6. The number of nitrogens with zero attached hydrogens (tertiary/aromatic N) is 1. The van der Waals surface area contributed by atoms with E-state index in [4.69, 9.17) is 32.9 Å². The summed E-state index contributed by atoms with van der Waals surface area (Å²) in [6.07, 6.45) is 4.69. The minimum absolute atomic E-state index is 0.143. The van der Waals surface area contributed by atoms with Crippen LogP contribution in [0.2, 0.25) is 10.0 Å². The number of hydrogen-bond donors (Lipinski definition) is 1. The third kappa shape index (κ3) is 7.23. The SMILES string of the molecule is CC(C)(C)[C@H]1CCc2c(sc(N=Cc3ccc(OCc4ccccc4Cl)c(Br)c3)c2C(=O)Nc2ccc(Cl)cc2)C1. The van der Waals surface area contributed by atoms with E-state index < -0.39 is 0 Å². The summed E-state index contributed by atoms with van der Waals surface area (Å²) in [4.78, 5) is 19.7. The molecule has 1 aliphatic carbocycles. The molecular formula is C33H31BrCl2N2O2S. The van der Waals surface area contributed by atoms with Crippen molar-refractivity contribution >= 4 is 73.3 Å². The lowest BCUT2D eigenvalue weighted by molar-refractivity contribution is 0.102. The second kappa shape index (κ2) is 12.7. The van der Waals surface area contributed by atoms with Crippen molar-refractivity contribution in [3.8, 4) is 5.75 Å². The summed E-state index contributed by atoms with van der Waals surface area (Å²) in [5.74, 6) is 1.13. The van der Waals surface area contributed by atoms with Crippen LogP contribution >= 0.6 is 50.5 Å². The van der Waals surface area contributed by atoms with E-state index in [0.29, 0.717) is 39.6 Å². The van der Waals surface area contributed by atoms with Crippen molar-refractivity contribution in [2.45, 2.75) is 46.6 Å². The Morgan fingerprint density at radius 1 is 1.12 bits per heavy atom. The molecule has 1 amide bonds. The second-order valence-corrected chi connectivity index (χ2v) is 14.1. The van der Waals surface area contributed by atoms with Gasteiger partial charge < -0.3 is 10.1 Å². The number of fused-ring (bicyclic) bond motifs is 1. The Morgan fingerprint density at radius 2 is 1.88 bits per heavy atom. The molecule has 0 bridgehead atoms. The first-order valence-electron chi connectivity index (χ1n) is 13.5. The number of thiophene rings is 1. The average Bonchev–Trinajstić information content (AvgIpc) is 3.31. The second-order valence-electron chi connectivity index (χ2n) is 11.3. The molecule has 0 saturated heterocycles. The number of rotatable bonds is 7. The summed E-state index contributed by atoms with van der Waals surface area (Å²) in [5, 5.41) is 5.08. The maximum Gasteiger partial charge on any atom is 0.259 e. The monoisotopic (exact) mass is 668 g/mol. The van der Waals surface area contributed by atoms with Gasteiger partial charge >= 0.3 is 0 Å². The number of aliphatic imine (C=N–C) groups is 1. The highest BCUT2D eigenvalue weighted by molar-refractivity contribution is 9.10. The third-order valence-electron chi connectivity index (χ3n) is 7.43. The van der Waals surface area contributed by atoms with Crippen molar-refractivity contribution in [1.82, 2.24) is 0 Å². The lowest BCUT2D eigenvalue weighted by Gasteiger charge is -2.33. The molecule has 41 heavy (non-hydrogen) atoms. The number of ether oxygens (including phenoxy) is 1. The summed E-state index contributed by atoms with van der Waals surface area (Å²) in [6.45, 7) is 7.25. The van der Waals surface area contributed by atoms with Crippen molar-refractivity contribution < 1.29 is 9.53 Å². The zero-order chi connectivity index (χ0) is 29.1. The lowest BCUT2D eigenvalue weighted by Crippen LogP contribution is -2.27. The molecule has 0 aliphatic heterocycles. The normalized spacial score (nSPS) is 15.1. The molecule has 3 aromatic carbocycles. The molecule has 1 aliphatic rings. The summed E-state index contributed by atoms with van der Waals surface area (Å²) >= 11 is 17.6. The van der Waals surface area contributed by atoms with E-state index >= 15 is 0 Å². The fourth-order valence-electron chi connectivity index (χ4n) is 4.98. The smallest absolute Gasteiger partial charge is 0.259 e. The molecule has 212 valence electrons. The number of carbonyl (C=O) groups is 1. The molecule has 4 nitrogen and oxygen atoms in total. The predicted molar refractivity (Wildman–Crippen MR) is 176 cm³/mol. The van der Waals surface area contributed by atoms with Crippen LogP contribution in [0.3, 0.4) is 0 Å². The zero-order valence-electron chi connectivity index (χ0n) is 23.1. The Morgan fingerprint density at radius 3 is 2.59 bits per heavy atom. The van der Waals surface area contributed by atoms with E-state index in [1.165, 1.54) is 4.88 Å². The van der Waals surface area contributed by atoms with E-state index in [9.17, 15) is 4.79 Å². The molecule has 0 fully saturated rings. The van der Waals surface area contributed by atoms with Crippen molar-refractivity contribution in [1.29, 1.82) is 0 Å². The molecule has 0 saturated carbocycles. The number of halogens is 3. The summed E-state index contributed by atoms with van der Waals surface area (Å²) in [5.41, 5.74) is 4.52. The van der Waals surface area contributed by atoms with Crippen LogP contribution in [0.4, 0.5) is 10.7 Å². The topological polar surface area (TPSA) is 50.7 Å². The van der Waals surface area contributed by atoms with Gasteiger partial charge in [-0.15, -0.1) is 11.3 Å². The Bertz CT molecular complexity index is 1590. The van der Waals surface area contributed by atoms with Gasteiger partial charge in [0.05, 0.1) is 10.0 Å². The quantitative estimate of drug-likeness (QED) is 0.199. The number of anilines is 1. The van der Waals surface area contributed by atoms with Crippen molar-refractivity contribution in [2.75, 3.05) is 5.32 Å². The number of hydrogen-bond acceptors (Lipinski definition) is 4. The van der Waals surface area contributed by atoms with E-state index in [-0.39, 0.29) is 11.3 Å². The van der Waals surface area contributed by atoms with Gasteiger partial charge in [-0.1, -0.05) is 62.2 Å². The standard InChI is InChI=1S/C33H31BrCl2N2O2S/c1-33(2,3)22-9-14-25-29(17-22)41-32(30(25)31(39)38-24-12-10-23(35)11-13-24)37-18-20-8-15-28(26(34)16-20)40-19-21-6-4-5-7-27(21)36/h4-8,10-13,15-16,18,22H,9,14,17,19H2,1-3H3,(H,38,39)/t22-/m0/s1. The van der Waals surface area contributed by atoms with Crippen molar-refractivity contribution in [3.05, 3.63) is 108 Å². The maximum atomic E-state index is 13.6. The fourth-order valence-corrected chi connectivity index (χ4v) is 7.08. The molecule has 1 heterocycles. The minimum atomic E-state index is -0.143. The summed E-state index contributed by atoms with van der Waals surface area (Å²) in [6, 6.07) is 20.6. The van der Waals surface area contributed by atoms with Gasteiger partial charge in [0, 0.05) is 32.4 Å². The molecular weight excluding hydrogens is 639 g/mol. The van der Waals surface area contributed by atoms with Crippen molar-refractivity contribution in [2.24, 2.45) is 16.3 Å². The van der Waals surface area contributed by atoms with Crippen LogP contribution in [0.15, 0.2) is 76.2 Å². The van der Waals surface area contributed by atoms with Gasteiger partial charge in [-0.25, -0.2) is 4.99 Å². The molecule has 0 radical (unpaired) electrons. The van der Waals surface area contributed by atoms with Gasteiger partial charge in [-0.05, 0) is 106 Å². The Balaban J connectivity index is 1.40. The van der Waals surface area contributed by atoms with Crippen LogP contribution in [0.1, 0.15) is 59.1 Å². The number of amides is 1. The summed E-state index contributed by atoms with van der Waals surface area (Å²) < 4.78 is 6.81. The minimum Gasteiger partial charge on any atom is -0.488 e. The number of benzene rings is 3. The van der Waals surface area contributed by atoms with E-state index in [2.05, 4.69) is 42.0 Å². The Hall–Kier alpha value is -2.64. The molecule has 1 aromatic heterocycles. The van der Waals surface area contributed by atoms with Crippen molar-refractivity contribution in [3.63, 3.8) is 0 Å². The van der Waals surface area contributed by atoms with Crippen LogP contribution in [0.25, 0.3) is 0 Å². The molecule has 8 heteroatoms. The van der Waals surface area contributed by atoms with Gasteiger partial charge in [-0.2, -0.15) is 0 Å². The molecule has 1 atom stereocenters. The van der Waals surface area contributed by atoms with Crippen LogP contribution < -0.4 is 10.1 Å². The van der Waals surface area contributed by atoms with E-state index in [0.717, 1.165) is 45.4 Å². The van der Waals surface area contributed by atoms with Crippen LogP contribution in [0.5, 0.6) is 5.75 Å². The van der Waals surface area contributed by atoms with Gasteiger partial charge in [0.2, 0.25) is 0 Å². The Labute approximate surface area is 263 Å². The highest BCUT2D eigenvalue weighted by atomic mass is 79.9. The van der Waals surface area contributed by atoms with Gasteiger partial charge in [-0.3, -0.25) is 4.79 Å². The first-order valence-corrected chi connectivity index (χ1v) is 15.9. The Kier molecular flexibility index (Phi) is 9.24. The predicted octanol–water partition coefficient (Wildman–Crippen LogP) is 10.6. The number of carbonyl (C=O) groups excluding carboxylic acids is 1. The van der Waals surface area contributed by atoms with E-state index in [1.807, 2.05) is 54.6 Å². The van der Waals surface area contributed by atoms with Gasteiger partial charge in [0.25, 0.3) is 5.91 Å². The van der Waals surface area contributed by atoms with Crippen LogP contribution in [-0.2, 0) is 19.4 Å². The van der Waals surface area contributed by atoms with Gasteiger partial charge in [0.1, 0.15) is 17.4 Å². The number of nitrogens with one attached hydrogen (secondary N) is 1. The van der Waals surface area contributed by atoms with E-state index in [1.54, 1.807) is 29.7 Å². The van der Waals surface area contributed by atoms with Crippen LogP contribution in [0, 0.1) is 11.3 Å². The molecule has 1 N–H and O–H groups in total. The zero-order valence-corrected chi connectivity index (χ0v) is 27.1. The fraction of sp³-hybridized carbons (Fsp3) is 0.273. The largest absolute Gasteiger partial charge is 0.488 e. The molecule has 5 rings (SSSR count). The summed E-state index contributed by atoms with van der Waals surface area (Å²) in [7, 11) is 0. The lowest BCUT2D eigenvalue weighted by atomic mass is 9.72. The third-order valence-corrected chi connectivity index (χ3v) is 9.83. The first kappa shape index (κ1) is 29.8. The highest BCUT2D eigenvalue weighted by Crippen LogP contribution is 2.45. The molecule has 4 aromatic rings. The maximum absolute atomic E-state index is 13.6. The molecule has 0 unspecified atom stereocenters. The molecule has 0 spiro atoms. The van der Waals surface area contributed by atoms with Crippen LogP contribution in [-0.4, -0.2) is 12.1 Å².